The highest BCUT2D eigenvalue weighted by Gasteiger charge is 2.28. The number of nitrogens with zero attached hydrogens (tertiary/aromatic N) is 1. The number of rotatable bonds is 6. The number of ether oxygens (including phenoxy) is 2. The van der Waals surface area contributed by atoms with Crippen LogP contribution in [0.1, 0.15) is 36.5 Å². The SMILES string of the molecule is C=C(CNc1cc(-c2c(F)cc(C(C)C)cc2F)c2c(c1C#N)CCO2)C(=O)OC. The van der Waals surface area contributed by atoms with Crippen LogP contribution in [0.15, 0.2) is 30.4 Å². The summed E-state index contributed by atoms with van der Waals surface area (Å²) in [6.45, 7) is 7.67. The lowest BCUT2D eigenvalue weighted by Gasteiger charge is -2.17. The molecule has 0 bridgehead atoms. The molecule has 5 nitrogen and oxygen atoms in total. The molecule has 0 atom stereocenters. The highest BCUT2D eigenvalue weighted by molar-refractivity contribution is 5.89. The quantitative estimate of drug-likeness (QED) is 0.550. The molecule has 0 spiro atoms. The summed E-state index contributed by atoms with van der Waals surface area (Å²) in [5, 5.41) is 12.6. The minimum Gasteiger partial charge on any atom is -0.492 e. The van der Waals surface area contributed by atoms with Gasteiger partial charge < -0.3 is 14.8 Å². The van der Waals surface area contributed by atoms with Gasteiger partial charge in [-0.3, -0.25) is 0 Å². The van der Waals surface area contributed by atoms with Gasteiger partial charge in [0.05, 0.1) is 30.5 Å². The van der Waals surface area contributed by atoms with E-state index in [4.69, 9.17) is 4.74 Å². The Kier molecular flexibility index (Phi) is 6.06. The van der Waals surface area contributed by atoms with Crippen LogP contribution >= 0.6 is 0 Å². The number of halogens is 2. The number of nitrogens with one attached hydrogen (secondary N) is 1. The number of hydrogen-bond donors (Lipinski definition) is 1. The van der Waals surface area contributed by atoms with Crippen molar-refractivity contribution < 1.29 is 23.0 Å². The molecule has 30 heavy (non-hydrogen) atoms. The number of anilines is 1. The molecule has 1 aliphatic rings. The van der Waals surface area contributed by atoms with E-state index in [9.17, 15) is 18.8 Å². The van der Waals surface area contributed by atoms with Crippen molar-refractivity contribution in [1.29, 1.82) is 5.26 Å². The maximum absolute atomic E-state index is 14.9. The zero-order valence-electron chi connectivity index (χ0n) is 17.1. The third-order valence-electron chi connectivity index (χ3n) is 5.06. The van der Waals surface area contributed by atoms with Gasteiger partial charge in [0.25, 0.3) is 0 Å². The number of esters is 1. The average Bonchev–Trinajstić information content (AvgIpc) is 3.20. The van der Waals surface area contributed by atoms with E-state index in [1.54, 1.807) is 0 Å². The fourth-order valence-electron chi connectivity index (χ4n) is 3.43. The van der Waals surface area contributed by atoms with Gasteiger partial charge in [0.1, 0.15) is 23.5 Å². The Bertz CT molecular complexity index is 1050. The smallest absolute Gasteiger partial charge is 0.334 e. The van der Waals surface area contributed by atoms with Gasteiger partial charge >= 0.3 is 5.97 Å². The molecule has 156 valence electrons. The minimum atomic E-state index is -0.703. The fourth-order valence-corrected chi connectivity index (χ4v) is 3.43. The predicted molar refractivity (Wildman–Crippen MR) is 109 cm³/mol. The van der Waals surface area contributed by atoms with Crippen LogP contribution in [0.5, 0.6) is 5.75 Å². The lowest BCUT2D eigenvalue weighted by Crippen LogP contribution is -2.14. The molecule has 7 heteroatoms. The van der Waals surface area contributed by atoms with Crippen molar-refractivity contribution in [3.8, 4) is 22.9 Å². The molecule has 0 unspecified atom stereocenters. The Morgan fingerprint density at radius 2 is 2.00 bits per heavy atom. The van der Waals surface area contributed by atoms with Gasteiger partial charge in [-0.05, 0) is 29.7 Å². The van der Waals surface area contributed by atoms with Gasteiger partial charge in [0, 0.05) is 29.7 Å². The van der Waals surface area contributed by atoms with E-state index < -0.39 is 17.6 Å². The van der Waals surface area contributed by atoms with Gasteiger partial charge in [-0.25, -0.2) is 13.6 Å². The van der Waals surface area contributed by atoms with E-state index in [0.29, 0.717) is 41.2 Å². The fraction of sp³-hybridized carbons (Fsp3) is 0.304. The molecule has 0 saturated heterocycles. The first-order chi connectivity index (χ1) is 14.3. The van der Waals surface area contributed by atoms with Crippen molar-refractivity contribution in [2.24, 2.45) is 0 Å². The summed E-state index contributed by atoms with van der Waals surface area (Å²) < 4.78 is 40.2. The first-order valence-corrected chi connectivity index (χ1v) is 9.50. The van der Waals surface area contributed by atoms with Crippen molar-refractivity contribution in [1.82, 2.24) is 0 Å². The van der Waals surface area contributed by atoms with Gasteiger partial charge in [0.2, 0.25) is 0 Å². The van der Waals surface area contributed by atoms with Crippen LogP contribution in [-0.2, 0) is 16.0 Å². The molecule has 0 fully saturated rings. The highest BCUT2D eigenvalue weighted by atomic mass is 19.1. The molecule has 0 saturated carbocycles. The van der Waals surface area contributed by atoms with Crippen LogP contribution in [0.4, 0.5) is 14.5 Å². The van der Waals surface area contributed by atoms with E-state index in [2.05, 4.69) is 22.7 Å². The lowest BCUT2D eigenvalue weighted by atomic mass is 9.93. The van der Waals surface area contributed by atoms with Gasteiger partial charge in [-0.2, -0.15) is 5.26 Å². The van der Waals surface area contributed by atoms with Crippen molar-refractivity contribution in [3.05, 3.63) is 58.7 Å². The second-order valence-electron chi connectivity index (χ2n) is 7.33. The number of fused-ring (bicyclic) bond motifs is 1. The highest BCUT2D eigenvalue weighted by Crippen LogP contribution is 2.44. The topological polar surface area (TPSA) is 71.3 Å². The molecule has 0 aliphatic carbocycles. The normalized spacial score (nSPS) is 12.2. The molecule has 0 aromatic heterocycles. The Morgan fingerprint density at radius 3 is 2.57 bits per heavy atom. The first kappa shape index (κ1) is 21.3. The van der Waals surface area contributed by atoms with Gasteiger partial charge in [-0.1, -0.05) is 20.4 Å². The molecular weight excluding hydrogens is 390 g/mol. The summed E-state index contributed by atoms with van der Waals surface area (Å²) in [6, 6.07) is 6.22. The lowest BCUT2D eigenvalue weighted by molar-refractivity contribution is -0.136. The second kappa shape index (κ2) is 8.54. The third-order valence-corrected chi connectivity index (χ3v) is 5.06. The first-order valence-electron chi connectivity index (χ1n) is 9.50. The summed E-state index contributed by atoms with van der Waals surface area (Å²) in [6.07, 6.45) is 0.437. The van der Waals surface area contributed by atoms with Crippen LogP contribution in [-0.4, -0.2) is 26.2 Å². The molecule has 2 aromatic carbocycles. The monoisotopic (exact) mass is 412 g/mol. The van der Waals surface area contributed by atoms with E-state index in [1.165, 1.54) is 25.3 Å². The predicted octanol–water partition coefficient (Wildman–Crippen LogP) is 4.70. The Balaban J connectivity index is 2.13. The third kappa shape index (κ3) is 3.86. The van der Waals surface area contributed by atoms with Crippen molar-refractivity contribution in [2.45, 2.75) is 26.2 Å². The van der Waals surface area contributed by atoms with Crippen molar-refractivity contribution in [2.75, 3.05) is 25.6 Å². The number of benzene rings is 2. The number of nitriles is 1. The van der Waals surface area contributed by atoms with Crippen molar-refractivity contribution in [3.63, 3.8) is 0 Å². The molecular formula is C23H22F2N2O3. The van der Waals surface area contributed by atoms with E-state index in [-0.39, 0.29) is 29.2 Å². The summed E-state index contributed by atoms with van der Waals surface area (Å²) in [5.41, 5.74) is 1.94. The van der Waals surface area contributed by atoms with Crippen LogP contribution in [0.25, 0.3) is 11.1 Å². The minimum absolute atomic E-state index is 0.0116. The van der Waals surface area contributed by atoms with E-state index in [0.717, 1.165) is 0 Å². The number of carbonyl (C=O) groups is 1. The molecule has 0 radical (unpaired) electrons. The zero-order chi connectivity index (χ0) is 22.0. The van der Waals surface area contributed by atoms with Crippen LogP contribution in [0.3, 0.4) is 0 Å². The molecule has 0 amide bonds. The van der Waals surface area contributed by atoms with Crippen molar-refractivity contribution >= 4 is 11.7 Å². The molecule has 3 rings (SSSR count). The van der Waals surface area contributed by atoms with Gasteiger partial charge in [-0.15, -0.1) is 0 Å². The van der Waals surface area contributed by atoms with Crippen LogP contribution < -0.4 is 10.1 Å². The second-order valence-corrected chi connectivity index (χ2v) is 7.33. The van der Waals surface area contributed by atoms with Gasteiger partial charge in [0.15, 0.2) is 0 Å². The van der Waals surface area contributed by atoms with Crippen LogP contribution in [0.2, 0.25) is 0 Å². The Morgan fingerprint density at radius 1 is 1.33 bits per heavy atom. The summed E-state index contributed by atoms with van der Waals surface area (Å²) in [4.78, 5) is 11.6. The maximum Gasteiger partial charge on any atom is 0.334 e. The average molecular weight is 412 g/mol. The summed E-state index contributed by atoms with van der Waals surface area (Å²) >= 11 is 0. The number of methoxy groups -OCH3 is 1. The largest absolute Gasteiger partial charge is 0.492 e. The summed E-state index contributed by atoms with van der Waals surface area (Å²) in [5.74, 6) is -1.73. The Labute approximate surface area is 173 Å². The maximum atomic E-state index is 14.9. The number of carbonyl (C=O) groups excluding carboxylic acids is 1. The number of hydrogen-bond acceptors (Lipinski definition) is 5. The standard InChI is InChI=1S/C23H22F2N2O3/c1-12(2)14-7-18(24)21(19(25)8-14)16-9-20(27-11-13(3)23(28)29-4)17(10-26)15-5-6-30-22(15)16/h7-9,12,27H,3,5-6,11H2,1-2,4H3. The van der Waals surface area contributed by atoms with E-state index in [1.807, 2.05) is 13.8 Å². The Hall–Kier alpha value is -3.40. The zero-order valence-corrected chi connectivity index (χ0v) is 17.1. The van der Waals surface area contributed by atoms with Crippen LogP contribution in [0, 0.1) is 23.0 Å². The molecule has 1 aliphatic heterocycles. The summed E-state index contributed by atoms with van der Waals surface area (Å²) in [7, 11) is 1.24. The van der Waals surface area contributed by atoms with E-state index >= 15 is 0 Å². The molecule has 1 N–H and O–H groups in total. The molecule has 2 aromatic rings. The molecule has 1 heterocycles.